The zero-order valence-corrected chi connectivity index (χ0v) is 13.4. The number of nitrogens with zero attached hydrogens (tertiary/aromatic N) is 2. The number of hydrogen-bond acceptors (Lipinski definition) is 3. The zero-order chi connectivity index (χ0) is 17.2. The number of pyridine rings is 1. The van der Waals surface area contributed by atoms with Crippen LogP contribution in [0.3, 0.4) is 0 Å². The van der Waals surface area contributed by atoms with Crippen LogP contribution in [0.4, 0.5) is 25.1 Å². The quantitative estimate of drug-likeness (QED) is 0.802. The lowest BCUT2D eigenvalue weighted by molar-refractivity contribution is 0.0596. The van der Waals surface area contributed by atoms with Gasteiger partial charge in [0.25, 0.3) is 0 Å². The fraction of sp³-hybridized carbons (Fsp3) is 0.294. The molecule has 23 heavy (non-hydrogen) atoms. The first-order chi connectivity index (χ1) is 10.7. The van der Waals surface area contributed by atoms with E-state index in [2.05, 4.69) is 4.98 Å². The summed E-state index contributed by atoms with van der Waals surface area (Å²) in [5.74, 6) is -1.67. The largest absolute Gasteiger partial charge is 0.443 e. The van der Waals surface area contributed by atoms with E-state index in [0.29, 0.717) is 0 Å². The van der Waals surface area contributed by atoms with Crippen molar-refractivity contribution < 1.29 is 18.3 Å². The summed E-state index contributed by atoms with van der Waals surface area (Å²) in [7, 11) is 0. The molecular formula is C17H18F2N2O2. The highest BCUT2D eigenvalue weighted by Crippen LogP contribution is 2.31. The number of carbonyl (C=O) groups is 1. The SMILES string of the molecule is Cc1ccnc(N(C(=O)OC(C)(C)C)c2c(F)cccc2F)c1. The molecule has 6 heteroatoms. The van der Waals surface area contributed by atoms with E-state index < -0.39 is 29.0 Å². The molecule has 0 bridgehead atoms. The van der Waals surface area contributed by atoms with Crippen LogP contribution in [0.25, 0.3) is 0 Å². The normalized spacial score (nSPS) is 11.2. The second kappa shape index (κ2) is 6.32. The summed E-state index contributed by atoms with van der Waals surface area (Å²) in [6.45, 7) is 6.80. The van der Waals surface area contributed by atoms with Crippen LogP contribution in [-0.2, 0) is 4.74 Å². The van der Waals surface area contributed by atoms with Crippen LogP contribution < -0.4 is 4.90 Å². The Hall–Kier alpha value is -2.50. The summed E-state index contributed by atoms with van der Waals surface area (Å²) in [5.41, 5.74) is -0.541. The summed E-state index contributed by atoms with van der Waals surface area (Å²) in [6.07, 6.45) is 0.556. The van der Waals surface area contributed by atoms with Gasteiger partial charge in [0.15, 0.2) is 0 Å². The first-order valence-corrected chi connectivity index (χ1v) is 7.09. The Morgan fingerprint density at radius 3 is 2.30 bits per heavy atom. The number of benzene rings is 1. The number of amides is 1. The molecule has 0 atom stereocenters. The molecule has 1 amide bonds. The smallest absolute Gasteiger partial charge is 0.420 e. The second-order valence-corrected chi connectivity index (χ2v) is 6.08. The van der Waals surface area contributed by atoms with Gasteiger partial charge in [-0.25, -0.2) is 23.5 Å². The maximum Gasteiger partial charge on any atom is 0.420 e. The molecule has 0 fully saturated rings. The molecule has 2 aromatic rings. The van der Waals surface area contributed by atoms with Crippen molar-refractivity contribution >= 4 is 17.6 Å². The topological polar surface area (TPSA) is 42.4 Å². The van der Waals surface area contributed by atoms with Crippen molar-refractivity contribution in [1.29, 1.82) is 0 Å². The molecule has 122 valence electrons. The number of rotatable bonds is 2. The number of halogens is 2. The fourth-order valence-electron chi connectivity index (χ4n) is 1.95. The molecule has 1 heterocycles. The lowest BCUT2D eigenvalue weighted by Gasteiger charge is -2.27. The average molecular weight is 320 g/mol. The number of hydrogen-bond donors (Lipinski definition) is 0. The van der Waals surface area contributed by atoms with E-state index in [1.165, 1.54) is 12.3 Å². The third kappa shape index (κ3) is 4.03. The molecule has 0 unspecified atom stereocenters. The number of anilines is 2. The first kappa shape index (κ1) is 16.9. The molecule has 0 aliphatic carbocycles. The Bertz CT molecular complexity index is 707. The molecule has 2 rings (SSSR count). The summed E-state index contributed by atoms with van der Waals surface area (Å²) in [5, 5.41) is 0. The Kier molecular flexibility index (Phi) is 4.63. The molecule has 0 aliphatic rings. The Morgan fingerprint density at radius 1 is 1.17 bits per heavy atom. The van der Waals surface area contributed by atoms with Crippen molar-refractivity contribution in [3.63, 3.8) is 0 Å². The van der Waals surface area contributed by atoms with Gasteiger partial charge in [0, 0.05) is 6.20 Å². The highest BCUT2D eigenvalue weighted by atomic mass is 19.1. The van der Waals surface area contributed by atoms with E-state index in [0.717, 1.165) is 22.6 Å². The summed E-state index contributed by atoms with van der Waals surface area (Å²) >= 11 is 0. The molecule has 0 saturated carbocycles. The van der Waals surface area contributed by atoms with Gasteiger partial charge in [-0.05, 0) is 57.5 Å². The highest BCUT2D eigenvalue weighted by molar-refractivity contribution is 5.95. The molecule has 0 saturated heterocycles. The van der Waals surface area contributed by atoms with E-state index in [-0.39, 0.29) is 5.82 Å². The maximum atomic E-state index is 14.2. The van der Waals surface area contributed by atoms with Gasteiger partial charge in [0.1, 0.15) is 28.7 Å². The summed E-state index contributed by atoms with van der Waals surface area (Å²) in [6, 6.07) is 6.65. The number of aryl methyl sites for hydroxylation is 1. The molecule has 0 aliphatic heterocycles. The lowest BCUT2D eigenvalue weighted by Crippen LogP contribution is -2.35. The van der Waals surface area contributed by atoms with Gasteiger partial charge in [-0.15, -0.1) is 0 Å². The van der Waals surface area contributed by atoms with E-state index >= 15 is 0 Å². The van der Waals surface area contributed by atoms with E-state index in [1.807, 2.05) is 0 Å². The average Bonchev–Trinajstić information content (AvgIpc) is 2.40. The van der Waals surface area contributed by atoms with Gasteiger partial charge in [-0.2, -0.15) is 0 Å². The maximum absolute atomic E-state index is 14.2. The van der Waals surface area contributed by atoms with Gasteiger partial charge in [-0.1, -0.05) is 6.07 Å². The van der Waals surface area contributed by atoms with E-state index in [4.69, 9.17) is 4.74 Å². The third-order valence-electron chi connectivity index (χ3n) is 2.87. The zero-order valence-electron chi connectivity index (χ0n) is 13.4. The molecule has 0 radical (unpaired) electrons. The molecule has 4 nitrogen and oxygen atoms in total. The van der Waals surface area contributed by atoms with Crippen LogP contribution in [0.1, 0.15) is 26.3 Å². The Balaban J connectivity index is 2.58. The monoisotopic (exact) mass is 320 g/mol. The molecular weight excluding hydrogens is 302 g/mol. The number of aromatic nitrogens is 1. The second-order valence-electron chi connectivity index (χ2n) is 6.08. The van der Waals surface area contributed by atoms with Crippen molar-refractivity contribution in [3.05, 3.63) is 53.7 Å². The van der Waals surface area contributed by atoms with E-state index in [9.17, 15) is 13.6 Å². The van der Waals surface area contributed by atoms with Crippen molar-refractivity contribution in [3.8, 4) is 0 Å². The van der Waals surface area contributed by atoms with Crippen molar-refractivity contribution in [2.24, 2.45) is 0 Å². The minimum Gasteiger partial charge on any atom is -0.443 e. The van der Waals surface area contributed by atoms with Crippen LogP contribution in [0.2, 0.25) is 0 Å². The number of carbonyl (C=O) groups excluding carboxylic acids is 1. The molecule has 0 spiro atoms. The van der Waals surface area contributed by atoms with Crippen molar-refractivity contribution in [2.75, 3.05) is 4.90 Å². The fourth-order valence-corrected chi connectivity index (χ4v) is 1.95. The highest BCUT2D eigenvalue weighted by Gasteiger charge is 2.30. The van der Waals surface area contributed by atoms with Crippen molar-refractivity contribution in [2.45, 2.75) is 33.3 Å². The van der Waals surface area contributed by atoms with Gasteiger partial charge in [0.2, 0.25) is 0 Å². The van der Waals surface area contributed by atoms with Crippen LogP contribution in [0.5, 0.6) is 0 Å². The predicted octanol–water partition coefficient (Wildman–Crippen LogP) is 4.74. The minimum atomic E-state index is -0.903. The Labute approximate surface area is 133 Å². The minimum absolute atomic E-state index is 0.0863. The molecule has 1 aromatic heterocycles. The van der Waals surface area contributed by atoms with Gasteiger partial charge >= 0.3 is 6.09 Å². The van der Waals surface area contributed by atoms with Crippen LogP contribution in [0.15, 0.2) is 36.5 Å². The standard InChI is InChI=1S/C17H18F2N2O2/c1-11-8-9-20-14(10-11)21(16(22)23-17(2,3)4)15-12(18)6-5-7-13(15)19/h5-10H,1-4H3. The van der Waals surface area contributed by atoms with Crippen LogP contribution >= 0.6 is 0 Å². The third-order valence-corrected chi connectivity index (χ3v) is 2.87. The van der Waals surface area contributed by atoms with Crippen molar-refractivity contribution in [1.82, 2.24) is 4.98 Å². The first-order valence-electron chi connectivity index (χ1n) is 7.09. The van der Waals surface area contributed by atoms with Crippen LogP contribution in [0, 0.1) is 18.6 Å². The Morgan fingerprint density at radius 2 is 1.78 bits per heavy atom. The number of para-hydroxylation sites is 1. The summed E-state index contributed by atoms with van der Waals surface area (Å²) in [4.78, 5) is 17.4. The van der Waals surface area contributed by atoms with Crippen LogP contribution in [-0.4, -0.2) is 16.7 Å². The lowest BCUT2D eigenvalue weighted by atomic mass is 10.2. The van der Waals surface area contributed by atoms with Gasteiger partial charge < -0.3 is 4.74 Å². The van der Waals surface area contributed by atoms with Gasteiger partial charge in [0.05, 0.1) is 0 Å². The number of ether oxygens (including phenoxy) is 1. The van der Waals surface area contributed by atoms with Gasteiger partial charge in [-0.3, -0.25) is 0 Å². The molecule has 1 aromatic carbocycles. The summed E-state index contributed by atoms with van der Waals surface area (Å²) < 4.78 is 33.6. The molecule has 0 N–H and O–H groups in total. The van der Waals surface area contributed by atoms with E-state index in [1.54, 1.807) is 39.8 Å². The predicted molar refractivity (Wildman–Crippen MR) is 83.7 cm³/mol.